The van der Waals surface area contributed by atoms with Gasteiger partial charge in [0.1, 0.15) is 11.6 Å². The van der Waals surface area contributed by atoms with Crippen LogP contribution in [0.1, 0.15) is 17.5 Å². The molecule has 1 saturated heterocycles. The fourth-order valence-electron chi connectivity index (χ4n) is 3.25. The Morgan fingerprint density at radius 2 is 1.77 bits per heavy atom. The maximum absolute atomic E-state index is 13.3. The predicted octanol–water partition coefficient (Wildman–Crippen LogP) is 3.11. The van der Waals surface area contributed by atoms with Gasteiger partial charge < -0.3 is 9.64 Å². The van der Waals surface area contributed by atoms with Gasteiger partial charge in [-0.15, -0.1) is 0 Å². The van der Waals surface area contributed by atoms with E-state index in [9.17, 15) is 9.18 Å². The highest BCUT2D eigenvalue weighted by molar-refractivity contribution is 5.76. The average Bonchev–Trinajstić information content (AvgIpc) is 2.67. The van der Waals surface area contributed by atoms with Crippen LogP contribution in [0, 0.1) is 5.82 Å². The quantitative estimate of drug-likeness (QED) is 0.797. The van der Waals surface area contributed by atoms with Crippen molar-refractivity contribution in [3.63, 3.8) is 0 Å². The number of nitrogens with zero attached hydrogens (tertiary/aromatic N) is 2. The van der Waals surface area contributed by atoms with Crippen LogP contribution < -0.4 is 4.74 Å². The maximum atomic E-state index is 13.3. The molecule has 5 heteroatoms. The van der Waals surface area contributed by atoms with Crippen molar-refractivity contribution in [2.24, 2.45) is 0 Å². The smallest absolute Gasteiger partial charge is 0.222 e. The van der Waals surface area contributed by atoms with E-state index in [-0.39, 0.29) is 11.7 Å². The highest BCUT2D eigenvalue weighted by Crippen LogP contribution is 2.14. The summed E-state index contributed by atoms with van der Waals surface area (Å²) in [5.74, 6) is 0.829. The fraction of sp³-hybridized carbons (Fsp3) is 0.381. The number of piperazine rings is 1. The van der Waals surface area contributed by atoms with Crippen LogP contribution in [-0.2, 0) is 17.8 Å². The van der Waals surface area contributed by atoms with Crippen molar-refractivity contribution >= 4 is 5.91 Å². The topological polar surface area (TPSA) is 32.8 Å². The van der Waals surface area contributed by atoms with Gasteiger partial charge in [0.15, 0.2) is 0 Å². The zero-order valence-electron chi connectivity index (χ0n) is 15.2. The van der Waals surface area contributed by atoms with Crippen LogP contribution in [0.3, 0.4) is 0 Å². The molecule has 0 aromatic heterocycles. The molecule has 2 aromatic rings. The molecule has 138 valence electrons. The Labute approximate surface area is 154 Å². The molecule has 2 aromatic carbocycles. The molecule has 0 spiro atoms. The summed E-state index contributed by atoms with van der Waals surface area (Å²) < 4.78 is 18.4. The zero-order valence-corrected chi connectivity index (χ0v) is 15.2. The largest absolute Gasteiger partial charge is 0.497 e. The molecule has 0 unspecified atom stereocenters. The van der Waals surface area contributed by atoms with Crippen LogP contribution in [0.2, 0.25) is 0 Å². The first-order valence-corrected chi connectivity index (χ1v) is 9.01. The summed E-state index contributed by atoms with van der Waals surface area (Å²) in [6, 6.07) is 14.6. The van der Waals surface area contributed by atoms with Crippen molar-refractivity contribution in [3.05, 3.63) is 65.5 Å². The molecule has 1 aliphatic rings. The van der Waals surface area contributed by atoms with E-state index in [0.717, 1.165) is 56.0 Å². The molecule has 4 nitrogen and oxygen atoms in total. The van der Waals surface area contributed by atoms with E-state index in [2.05, 4.69) is 4.90 Å². The Bertz CT molecular complexity index is 725. The maximum Gasteiger partial charge on any atom is 0.222 e. The molecular formula is C21H25FN2O2. The second kappa shape index (κ2) is 8.81. The van der Waals surface area contributed by atoms with Crippen molar-refractivity contribution in [1.29, 1.82) is 0 Å². The number of benzene rings is 2. The number of ether oxygens (including phenoxy) is 1. The number of hydrogen-bond acceptors (Lipinski definition) is 3. The molecular weight excluding hydrogens is 331 g/mol. The second-order valence-electron chi connectivity index (χ2n) is 6.63. The molecule has 0 atom stereocenters. The lowest BCUT2D eigenvalue weighted by Gasteiger charge is -2.34. The Morgan fingerprint density at radius 3 is 2.42 bits per heavy atom. The summed E-state index contributed by atoms with van der Waals surface area (Å²) in [7, 11) is 1.65. The predicted molar refractivity (Wildman–Crippen MR) is 99.6 cm³/mol. The number of aryl methyl sites for hydroxylation is 1. The monoisotopic (exact) mass is 356 g/mol. The Morgan fingerprint density at radius 1 is 1.04 bits per heavy atom. The van der Waals surface area contributed by atoms with E-state index in [1.165, 1.54) is 6.07 Å². The molecule has 0 aliphatic carbocycles. The molecule has 0 saturated carbocycles. The molecule has 1 aliphatic heterocycles. The second-order valence-corrected chi connectivity index (χ2v) is 6.63. The van der Waals surface area contributed by atoms with Gasteiger partial charge in [-0.05, 0) is 41.8 Å². The summed E-state index contributed by atoms with van der Waals surface area (Å²) in [4.78, 5) is 16.6. The van der Waals surface area contributed by atoms with Crippen LogP contribution >= 0.6 is 0 Å². The van der Waals surface area contributed by atoms with Gasteiger partial charge in [-0.2, -0.15) is 0 Å². The first-order chi connectivity index (χ1) is 12.6. The van der Waals surface area contributed by atoms with Crippen LogP contribution in [-0.4, -0.2) is 49.0 Å². The van der Waals surface area contributed by atoms with Gasteiger partial charge in [-0.25, -0.2) is 4.39 Å². The van der Waals surface area contributed by atoms with Crippen LogP contribution in [0.25, 0.3) is 0 Å². The highest BCUT2D eigenvalue weighted by Gasteiger charge is 2.20. The Balaban J connectivity index is 1.42. The van der Waals surface area contributed by atoms with E-state index in [0.29, 0.717) is 6.42 Å². The van der Waals surface area contributed by atoms with Crippen molar-refractivity contribution in [2.75, 3.05) is 33.3 Å². The van der Waals surface area contributed by atoms with E-state index in [1.54, 1.807) is 19.2 Å². The molecule has 3 rings (SSSR count). The van der Waals surface area contributed by atoms with E-state index in [1.807, 2.05) is 35.2 Å². The number of rotatable bonds is 6. The fourth-order valence-corrected chi connectivity index (χ4v) is 3.25. The first-order valence-electron chi connectivity index (χ1n) is 9.01. The summed E-state index contributed by atoms with van der Waals surface area (Å²) in [6.45, 7) is 3.84. The zero-order chi connectivity index (χ0) is 18.4. The lowest BCUT2D eigenvalue weighted by Crippen LogP contribution is -2.48. The summed E-state index contributed by atoms with van der Waals surface area (Å²) in [5, 5.41) is 0. The number of methoxy groups -OCH3 is 1. The summed E-state index contributed by atoms with van der Waals surface area (Å²) >= 11 is 0. The van der Waals surface area contributed by atoms with Gasteiger partial charge in [0, 0.05) is 39.1 Å². The summed E-state index contributed by atoms with van der Waals surface area (Å²) in [5.41, 5.74) is 2.12. The first kappa shape index (κ1) is 18.4. The number of carbonyl (C=O) groups is 1. The van der Waals surface area contributed by atoms with E-state index < -0.39 is 0 Å². The van der Waals surface area contributed by atoms with Gasteiger partial charge in [0.05, 0.1) is 7.11 Å². The normalized spacial score (nSPS) is 15.1. The third kappa shape index (κ3) is 5.05. The van der Waals surface area contributed by atoms with Crippen molar-refractivity contribution in [2.45, 2.75) is 19.4 Å². The van der Waals surface area contributed by atoms with Gasteiger partial charge in [0.25, 0.3) is 0 Å². The Kier molecular flexibility index (Phi) is 6.23. The third-order valence-electron chi connectivity index (χ3n) is 4.81. The molecule has 1 amide bonds. The third-order valence-corrected chi connectivity index (χ3v) is 4.81. The van der Waals surface area contributed by atoms with Gasteiger partial charge in [-0.1, -0.05) is 24.3 Å². The van der Waals surface area contributed by atoms with Gasteiger partial charge in [-0.3, -0.25) is 9.69 Å². The van der Waals surface area contributed by atoms with Crippen molar-refractivity contribution in [3.8, 4) is 5.75 Å². The SMILES string of the molecule is COc1ccc(CCC(=O)N2CCN(Cc3cccc(F)c3)CC2)cc1. The minimum absolute atomic E-state index is 0.199. The minimum atomic E-state index is -0.199. The molecule has 0 N–H and O–H groups in total. The van der Waals surface area contributed by atoms with Crippen molar-refractivity contribution in [1.82, 2.24) is 9.80 Å². The lowest BCUT2D eigenvalue weighted by atomic mass is 10.1. The van der Waals surface area contributed by atoms with Gasteiger partial charge >= 0.3 is 0 Å². The van der Waals surface area contributed by atoms with Crippen LogP contribution in [0.4, 0.5) is 4.39 Å². The summed E-state index contributed by atoms with van der Waals surface area (Å²) in [6.07, 6.45) is 1.27. The highest BCUT2D eigenvalue weighted by atomic mass is 19.1. The minimum Gasteiger partial charge on any atom is -0.497 e. The number of carbonyl (C=O) groups excluding carboxylic acids is 1. The number of amides is 1. The van der Waals surface area contributed by atoms with Crippen LogP contribution in [0.5, 0.6) is 5.75 Å². The average molecular weight is 356 g/mol. The number of halogens is 1. The van der Waals surface area contributed by atoms with Crippen LogP contribution in [0.15, 0.2) is 48.5 Å². The van der Waals surface area contributed by atoms with E-state index >= 15 is 0 Å². The molecule has 26 heavy (non-hydrogen) atoms. The van der Waals surface area contributed by atoms with E-state index in [4.69, 9.17) is 4.74 Å². The molecule has 1 heterocycles. The lowest BCUT2D eigenvalue weighted by molar-refractivity contribution is -0.133. The standard InChI is InChI=1S/C21H25FN2O2/c1-26-20-8-5-17(6-9-20)7-10-21(25)24-13-11-23(12-14-24)16-18-3-2-4-19(22)15-18/h2-6,8-9,15H,7,10-14,16H2,1H3. The molecule has 1 fully saturated rings. The van der Waals surface area contributed by atoms with Crippen molar-refractivity contribution < 1.29 is 13.9 Å². The number of hydrogen-bond donors (Lipinski definition) is 0. The molecule has 0 bridgehead atoms. The Hall–Kier alpha value is -2.40. The molecule has 0 radical (unpaired) electrons. The van der Waals surface area contributed by atoms with Gasteiger partial charge in [0.2, 0.25) is 5.91 Å².